The Bertz CT molecular complexity index is 535. The lowest BCUT2D eigenvalue weighted by Gasteiger charge is -2.29. The average molecular weight is 292 g/mol. The number of halogens is 1. The van der Waals surface area contributed by atoms with Crippen molar-refractivity contribution in [1.82, 2.24) is 10.3 Å². The minimum Gasteiger partial charge on any atom is -0.354 e. The molecule has 0 unspecified atom stereocenters. The molecule has 1 aliphatic rings. The van der Waals surface area contributed by atoms with E-state index in [0.29, 0.717) is 0 Å². The van der Waals surface area contributed by atoms with Crippen LogP contribution in [0.1, 0.15) is 0 Å². The SMILES string of the molecule is Brc1ccc2ccnc(N3CCNCC3)c2c1. The minimum absolute atomic E-state index is 1.03. The molecule has 0 spiro atoms. The fourth-order valence-corrected chi connectivity index (χ4v) is 2.61. The van der Waals surface area contributed by atoms with E-state index in [9.17, 15) is 0 Å². The fourth-order valence-electron chi connectivity index (χ4n) is 2.25. The maximum absolute atomic E-state index is 4.55. The van der Waals surface area contributed by atoms with Crippen molar-refractivity contribution in [3.8, 4) is 0 Å². The summed E-state index contributed by atoms with van der Waals surface area (Å²) in [6, 6.07) is 8.42. The highest BCUT2D eigenvalue weighted by Crippen LogP contribution is 2.27. The predicted octanol–water partition coefficient (Wildman–Crippen LogP) is 2.41. The van der Waals surface area contributed by atoms with Gasteiger partial charge in [0.25, 0.3) is 0 Å². The van der Waals surface area contributed by atoms with Crippen molar-refractivity contribution in [2.24, 2.45) is 0 Å². The van der Waals surface area contributed by atoms with Gasteiger partial charge in [-0.05, 0) is 23.6 Å². The molecule has 1 aromatic heterocycles. The number of nitrogens with one attached hydrogen (secondary N) is 1. The smallest absolute Gasteiger partial charge is 0.136 e. The van der Waals surface area contributed by atoms with Crippen LogP contribution in [0, 0.1) is 0 Å². The average Bonchev–Trinajstić information content (AvgIpc) is 2.39. The van der Waals surface area contributed by atoms with E-state index in [-0.39, 0.29) is 0 Å². The molecule has 1 saturated heterocycles. The molecule has 1 fully saturated rings. The van der Waals surface area contributed by atoms with E-state index < -0.39 is 0 Å². The fraction of sp³-hybridized carbons (Fsp3) is 0.308. The van der Waals surface area contributed by atoms with Gasteiger partial charge in [0, 0.05) is 42.2 Å². The quantitative estimate of drug-likeness (QED) is 0.875. The Morgan fingerprint density at radius 3 is 2.82 bits per heavy atom. The van der Waals surface area contributed by atoms with Crippen LogP contribution in [0.3, 0.4) is 0 Å². The van der Waals surface area contributed by atoms with Crippen molar-refractivity contribution in [1.29, 1.82) is 0 Å². The largest absolute Gasteiger partial charge is 0.354 e. The Hall–Kier alpha value is -1.13. The van der Waals surface area contributed by atoms with Crippen molar-refractivity contribution >= 4 is 32.5 Å². The van der Waals surface area contributed by atoms with Gasteiger partial charge >= 0.3 is 0 Å². The molecule has 1 aromatic carbocycles. The zero-order valence-electron chi connectivity index (χ0n) is 9.49. The van der Waals surface area contributed by atoms with Crippen LogP contribution in [0.15, 0.2) is 34.9 Å². The zero-order chi connectivity index (χ0) is 11.7. The molecule has 3 nitrogen and oxygen atoms in total. The number of hydrogen-bond acceptors (Lipinski definition) is 3. The van der Waals surface area contributed by atoms with Gasteiger partial charge in [-0.3, -0.25) is 0 Å². The number of nitrogens with zero attached hydrogens (tertiary/aromatic N) is 2. The predicted molar refractivity (Wildman–Crippen MR) is 74.5 cm³/mol. The van der Waals surface area contributed by atoms with Crippen molar-refractivity contribution in [2.45, 2.75) is 0 Å². The number of fused-ring (bicyclic) bond motifs is 1. The van der Waals surface area contributed by atoms with Crippen molar-refractivity contribution in [3.63, 3.8) is 0 Å². The maximum Gasteiger partial charge on any atom is 0.136 e. The summed E-state index contributed by atoms with van der Waals surface area (Å²) in [5.74, 6) is 1.10. The zero-order valence-corrected chi connectivity index (χ0v) is 11.1. The first-order valence-electron chi connectivity index (χ1n) is 5.84. The molecular formula is C13H14BrN3. The van der Waals surface area contributed by atoms with Gasteiger partial charge in [-0.1, -0.05) is 22.0 Å². The van der Waals surface area contributed by atoms with Gasteiger partial charge < -0.3 is 10.2 Å². The van der Waals surface area contributed by atoms with Gasteiger partial charge in [-0.2, -0.15) is 0 Å². The number of anilines is 1. The summed E-state index contributed by atoms with van der Waals surface area (Å²) in [6.07, 6.45) is 1.90. The Kier molecular flexibility index (Phi) is 2.99. The van der Waals surface area contributed by atoms with Crippen LogP contribution in [0.2, 0.25) is 0 Å². The number of rotatable bonds is 1. The monoisotopic (exact) mass is 291 g/mol. The van der Waals surface area contributed by atoms with Crippen LogP contribution in [-0.2, 0) is 0 Å². The third-order valence-electron chi connectivity index (χ3n) is 3.12. The Labute approximate surface area is 109 Å². The van der Waals surface area contributed by atoms with E-state index in [1.165, 1.54) is 10.8 Å². The van der Waals surface area contributed by atoms with Crippen LogP contribution < -0.4 is 10.2 Å². The van der Waals surface area contributed by atoms with E-state index in [4.69, 9.17) is 0 Å². The second kappa shape index (κ2) is 4.63. The number of hydrogen-bond donors (Lipinski definition) is 1. The molecule has 2 heterocycles. The summed E-state index contributed by atoms with van der Waals surface area (Å²) in [4.78, 5) is 6.90. The van der Waals surface area contributed by atoms with E-state index in [1.54, 1.807) is 0 Å². The van der Waals surface area contributed by atoms with Crippen molar-refractivity contribution in [2.75, 3.05) is 31.1 Å². The highest BCUT2D eigenvalue weighted by Gasteiger charge is 2.14. The highest BCUT2D eigenvalue weighted by atomic mass is 79.9. The lowest BCUT2D eigenvalue weighted by molar-refractivity contribution is 0.586. The summed E-state index contributed by atoms with van der Waals surface area (Å²) in [5.41, 5.74) is 0. The van der Waals surface area contributed by atoms with Crippen LogP contribution in [0.4, 0.5) is 5.82 Å². The molecule has 0 amide bonds. The lowest BCUT2D eigenvalue weighted by atomic mass is 10.1. The molecule has 1 N–H and O–H groups in total. The van der Waals surface area contributed by atoms with Crippen LogP contribution >= 0.6 is 15.9 Å². The second-order valence-electron chi connectivity index (χ2n) is 4.24. The normalized spacial score (nSPS) is 16.4. The van der Waals surface area contributed by atoms with Gasteiger partial charge in [0.2, 0.25) is 0 Å². The first-order valence-corrected chi connectivity index (χ1v) is 6.64. The molecule has 0 aliphatic carbocycles. The Morgan fingerprint density at radius 2 is 2.00 bits per heavy atom. The molecular weight excluding hydrogens is 278 g/mol. The standard InChI is InChI=1S/C13H14BrN3/c14-11-2-1-10-3-4-16-13(12(10)9-11)17-7-5-15-6-8-17/h1-4,9,15H,5-8H2. The van der Waals surface area contributed by atoms with Crippen LogP contribution in [0.5, 0.6) is 0 Å². The van der Waals surface area contributed by atoms with Crippen molar-refractivity contribution < 1.29 is 0 Å². The number of benzene rings is 1. The number of piperazine rings is 1. The number of pyridine rings is 1. The molecule has 4 heteroatoms. The summed E-state index contributed by atoms with van der Waals surface area (Å²) in [7, 11) is 0. The van der Waals surface area contributed by atoms with E-state index in [2.05, 4.69) is 55.4 Å². The molecule has 0 radical (unpaired) electrons. The Morgan fingerprint density at radius 1 is 1.18 bits per heavy atom. The third kappa shape index (κ3) is 2.15. The maximum atomic E-state index is 4.55. The third-order valence-corrected chi connectivity index (χ3v) is 3.62. The summed E-state index contributed by atoms with van der Waals surface area (Å²) in [6.45, 7) is 4.12. The van der Waals surface area contributed by atoms with Crippen LogP contribution in [-0.4, -0.2) is 31.2 Å². The summed E-state index contributed by atoms with van der Waals surface area (Å²) < 4.78 is 1.11. The molecule has 17 heavy (non-hydrogen) atoms. The molecule has 0 saturated carbocycles. The van der Waals surface area contributed by atoms with E-state index in [0.717, 1.165) is 36.5 Å². The number of aromatic nitrogens is 1. The topological polar surface area (TPSA) is 28.2 Å². The van der Waals surface area contributed by atoms with Crippen LogP contribution in [0.25, 0.3) is 10.8 Å². The van der Waals surface area contributed by atoms with Gasteiger partial charge in [-0.25, -0.2) is 4.98 Å². The van der Waals surface area contributed by atoms with Gasteiger partial charge in [0.1, 0.15) is 5.82 Å². The lowest BCUT2D eigenvalue weighted by Crippen LogP contribution is -2.43. The first-order chi connectivity index (χ1) is 8.34. The van der Waals surface area contributed by atoms with E-state index in [1.807, 2.05) is 6.20 Å². The molecule has 0 atom stereocenters. The van der Waals surface area contributed by atoms with E-state index >= 15 is 0 Å². The molecule has 0 bridgehead atoms. The molecule has 2 aromatic rings. The second-order valence-corrected chi connectivity index (χ2v) is 5.15. The van der Waals surface area contributed by atoms with Crippen molar-refractivity contribution in [3.05, 3.63) is 34.9 Å². The molecule has 1 aliphatic heterocycles. The first kappa shape index (κ1) is 11.0. The van der Waals surface area contributed by atoms with Gasteiger partial charge in [0.15, 0.2) is 0 Å². The molecule has 3 rings (SSSR count). The highest BCUT2D eigenvalue weighted by molar-refractivity contribution is 9.10. The Balaban J connectivity index is 2.11. The minimum atomic E-state index is 1.03. The van der Waals surface area contributed by atoms with Gasteiger partial charge in [-0.15, -0.1) is 0 Å². The van der Waals surface area contributed by atoms with Gasteiger partial charge in [0.05, 0.1) is 0 Å². The summed E-state index contributed by atoms with van der Waals surface area (Å²) in [5, 5.41) is 5.84. The molecule has 88 valence electrons. The summed E-state index contributed by atoms with van der Waals surface area (Å²) >= 11 is 3.53.